The van der Waals surface area contributed by atoms with Gasteiger partial charge in [0.2, 0.25) is 0 Å². The number of hydrogen-bond acceptors (Lipinski definition) is 8. The van der Waals surface area contributed by atoms with Crippen molar-refractivity contribution in [1.29, 1.82) is 0 Å². The van der Waals surface area contributed by atoms with E-state index in [0.717, 1.165) is 5.69 Å². The summed E-state index contributed by atoms with van der Waals surface area (Å²) in [5, 5.41) is 6.21. The fourth-order valence-electron chi connectivity index (χ4n) is 4.00. The molecule has 2 aromatic rings. The molecule has 0 bridgehead atoms. The topological polar surface area (TPSA) is 86.8 Å². The highest BCUT2D eigenvalue weighted by atomic mass is 35.5. The van der Waals surface area contributed by atoms with Crippen molar-refractivity contribution in [3.63, 3.8) is 0 Å². The minimum absolute atomic E-state index is 0.188. The summed E-state index contributed by atoms with van der Waals surface area (Å²) in [6, 6.07) is 7.36. The lowest BCUT2D eigenvalue weighted by Gasteiger charge is -2.20. The first-order valence-electron chi connectivity index (χ1n) is 10.2. The Morgan fingerprint density at radius 3 is 2.84 bits per heavy atom. The van der Waals surface area contributed by atoms with Gasteiger partial charge >= 0.3 is 11.9 Å². The number of carbonyl (C=O) groups excluding carboxylic acids is 2. The van der Waals surface area contributed by atoms with E-state index in [2.05, 4.69) is 10.3 Å². The average molecular weight is 465 g/mol. The molecule has 2 aliphatic rings. The SMILES string of the molecule is CC(C)COC[C@H]1C[C@]2(C[C@](C)(c3csc(Nc4ccccc4Cl)n3)OC2=O)C(=O)O1. The molecule has 0 saturated carbocycles. The molecular formula is C22H25ClN2O5S. The van der Waals surface area contributed by atoms with Crippen LogP contribution < -0.4 is 5.32 Å². The lowest BCUT2D eigenvalue weighted by molar-refractivity contribution is -0.160. The summed E-state index contributed by atoms with van der Waals surface area (Å²) in [4.78, 5) is 30.1. The Morgan fingerprint density at radius 1 is 1.32 bits per heavy atom. The van der Waals surface area contributed by atoms with E-state index >= 15 is 0 Å². The summed E-state index contributed by atoms with van der Waals surface area (Å²) < 4.78 is 16.8. The molecule has 1 aromatic carbocycles. The van der Waals surface area contributed by atoms with Crippen LogP contribution in [0.4, 0.5) is 10.8 Å². The second-order valence-electron chi connectivity index (χ2n) is 8.68. The molecule has 7 nitrogen and oxygen atoms in total. The van der Waals surface area contributed by atoms with E-state index in [4.69, 9.17) is 25.8 Å². The molecule has 1 spiro atoms. The van der Waals surface area contributed by atoms with Gasteiger partial charge in [-0.15, -0.1) is 11.3 Å². The van der Waals surface area contributed by atoms with Gasteiger partial charge in [-0.25, -0.2) is 4.98 Å². The molecule has 4 rings (SSSR count). The van der Waals surface area contributed by atoms with Gasteiger partial charge in [0.25, 0.3) is 0 Å². The zero-order valence-corrected chi connectivity index (χ0v) is 19.2. The van der Waals surface area contributed by atoms with E-state index < -0.39 is 29.1 Å². The third kappa shape index (κ3) is 4.29. The van der Waals surface area contributed by atoms with Crippen LogP contribution >= 0.6 is 22.9 Å². The van der Waals surface area contributed by atoms with Crippen LogP contribution in [0.3, 0.4) is 0 Å². The summed E-state index contributed by atoms with van der Waals surface area (Å²) >= 11 is 7.58. The monoisotopic (exact) mass is 464 g/mol. The first-order valence-corrected chi connectivity index (χ1v) is 11.5. The maximum Gasteiger partial charge on any atom is 0.324 e. The Labute approximate surface area is 190 Å². The predicted molar refractivity (Wildman–Crippen MR) is 117 cm³/mol. The van der Waals surface area contributed by atoms with Crippen LogP contribution in [0.5, 0.6) is 0 Å². The highest BCUT2D eigenvalue weighted by Crippen LogP contribution is 2.52. The number of halogens is 1. The van der Waals surface area contributed by atoms with E-state index in [-0.39, 0.29) is 19.4 Å². The maximum atomic E-state index is 12.8. The van der Waals surface area contributed by atoms with Crippen molar-refractivity contribution in [1.82, 2.24) is 4.98 Å². The molecule has 31 heavy (non-hydrogen) atoms. The highest BCUT2D eigenvalue weighted by molar-refractivity contribution is 7.13. The van der Waals surface area contributed by atoms with Gasteiger partial charge in [0.1, 0.15) is 6.10 Å². The Kier molecular flexibility index (Phi) is 5.98. The van der Waals surface area contributed by atoms with Gasteiger partial charge in [-0.05, 0) is 25.0 Å². The lowest BCUT2D eigenvalue weighted by atomic mass is 9.78. The fraction of sp³-hybridized carbons (Fsp3) is 0.500. The van der Waals surface area contributed by atoms with Gasteiger partial charge in [-0.3, -0.25) is 9.59 Å². The van der Waals surface area contributed by atoms with Crippen LogP contribution in [-0.4, -0.2) is 36.2 Å². The summed E-state index contributed by atoms with van der Waals surface area (Å²) in [6.07, 6.45) is -0.00470. The predicted octanol–water partition coefficient (Wildman–Crippen LogP) is 4.68. The number of para-hydroxylation sites is 1. The molecule has 0 aliphatic carbocycles. The van der Waals surface area contributed by atoms with Crippen molar-refractivity contribution in [2.75, 3.05) is 18.5 Å². The van der Waals surface area contributed by atoms with E-state index in [1.165, 1.54) is 11.3 Å². The van der Waals surface area contributed by atoms with Gasteiger partial charge < -0.3 is 19.5 Å². The van der Waals surface area contributed by atoms with Crippen molar-refractivity contribution < 1.29 is 23.8 Å². The molecule has 2 saturated heterocycles. The van der Waals surface area contributed by atoms with Crippen LogP contribution in [-0.2, 0) is 29.4 Å². The number of nitrogens with zero attached hydrogens (tertiary/aromatic N) is 1. The molecular weight excluding hydrogens is 440 g/mol. The summed E-state index contributed by atoms with van der Waals surface area (Å²) in [6.45, 7) is 6.72. The number of carbonyl (C=O) groups is 2. The van der Waals surface area contributed by atoms with Gasteiger partial charge in [-0.2, -0.15) is 0 Å². The Morgan fingerprint density at radius 2 is 2.10 bits per heavy atom. The molecule has 0 radical (unpaired) electrons. The number of rotatable bonds is 7. The number of cyclic esters (lactones) is 2. The lowest BCUT2D eigenvalue weighted by Crippen LogP contribution is -2.32. The second-order valence-corrected chi connectivity index (χ2v) is 9.95. The third-order valence-corrected chi connectivity index (χ3v) is 6.59. The summed E-state index contributed by atoms with van der Waals surface area (Å²) in [7, 11) is 0. The zero-order chi connectivity index (χ0) is 22.2. The normalized spacial score (nSPS) is 27.7. The molecule has 0 unspecified atom stereocenters. The van der Waals surface area contributed by atoms with Crippen LogP contribution in [0.15, 0.2) is 29.6 Å². The molecule has 3 atom stereocenters. The first kappa shape index (κ1) is 22.0. The Bertz CT molecular complexity index is 996. The highest BCUT2D eigenvalue weighted by Gasteiger charge is 2.65. The molecule has 0 amide bonds. The largest absolute Gasteiger partial charge is 0.459 e. The molecule has 3 heterocycles. The minimum atomic E-state index is -1.31. The third-order valence-electron chi connectivity index (χ3n) is 5.50. The first-order chi connectivity index (χ1) is 14.7. The number of anilines is 2. The second kappa shape index (κ2) is 8.41. The summed E-state index contributed by atoms with van der Waals surface area (Å²) in [5.74, 6) is -0.715. The van der Waals surface area contributed by atoms with Crippen LogP contribution in [0.1, 0.15) is 39.3 Å². The maximum absolute atomic E-state index is 12.8. The van der Waals surface area contributed by atoms with Gasteiger partial charge in [0.05, 0.1) is 23.0 Å². The van der Waals surface area contributed by atoms with E-state index in [9.17, 15) is 9.59 Å². The smallest absolute Gasteiger partial charge is 0.324 e. The van der Waals surface area contributed by atoms with Crippen LogP contribution in [0, 0.1) is 11.3 Å². The summed E-state index contributed by atoms with van der Waals surface area (Å²) in [5.41, 5.74) is -0.996. The molecule has 166 valence electrons. The van der Waals surface area contributed by atoms with E-state index in [1.807, 2.05) is 37.4 Å². The zero-order valence-electron chi connectivity index (χ0n) is 17.6. The number of nitrogens with one attached hydrogen (secondary N) is 1. The van der Waals surface area contributed by atoms with Gasteiger partial charge in [-0.1, -0.05) is 37.6 Å². The molecule has 1 N–H and O–H groups in total. The number of thiazole rings is 1. The van der Waals surface area contributed by atoms with E-state index in [1.54, 1.807) is 13.0 Å². The fourth-order valence-corrected chi connectivity index (χ4v) is 5.03. The number of hydrogen-bond donors (Lipinski definition) is 1. The van der Waals surface area contributed by atoms with Crippen molar-refractivity contribution in [2.45, 2.75) is 45.3 Å². The molecule has 9 heteroatoms. The van der Waals surface area contributed by atoms with Crippen molar-refractivity contribution in [3.05, 3.63) is 40.4 Å². The Hall–Kier alpha value is -2.16. The van der Waals surface area contributed by atoms with Crippen molar-refractivity contribution >= 4 is 45.7 Å². The standard InChI is InChI=1S/C22H25ClN2O5S/c1-13(2)9-28-10-14-8-22(18(26)29-14)12-21(3,30-19(22)27)17-11-31-20(25-17)24-16-7-5-4-6-15(16)23/h4-7,11,13-14H,8-10,12H2,1-3H3,(H,24,25)/t14-,21-,22+/m1/s1. The Balaban J connectivity index is 1.48. The van der Waals surface area contributed by atoms with Gasteiger partial charge in [0.15, 0.2) is 16.1 Å². The number of ether oxygens (including phenoxy) is 3. The number of benzene rings is 1. The molecule has 2 fully saturated rings. The molecule has 2 aliphatic heterocycles. The number of aromatic nitrogens is 1. The average Bonchev–Trinajstić information content (AvgIpc) is 3.36. The van der Waals surface area contributed by atoms with Crippen molar-refractivity contribution in [3.8, 4) is 0 Å². The van der Waals surface area contributed by atoms with Gasteiger partial charge in [0, 0.05) is 24.8 Å². The van der Waals surface area contributed by atoms with E-state index in [0.29, 0.717) is 28.4 Å². The van der Waals surface area contributed by atoms with Crippen LogP contribution in [0.2, 0.25) is 5.02 Å². The quantitative estimate of drug-likeness (QED) is 0.470. The number of esters is 2. The minimum Gasteiger partial charge on any atom is -0.459 e. The van der Waals surface area contributed by atoms with Crippen molar-refractivity contribution in [2.24, 2.45) is 11.3 Å². The molecule has 1 aromatic heterocycles. The van der Waals surface area contributed by atoms with Crippen LogP contribution in [0.25, 0.3) is 0 Å².